The predicted molar refractivity (Wildman–Crippen MR) is 138 cm³/mol. The minimum atomic E-state index is -0.373. The summed E-state index contributed by atoms with van der Waals surface area (Å²) in [5.74, 6) is 1.32. The molecule has 5 aromatic rings. The first kappa shape index (κ1) is 22.5. The molecule has 0 unspecified atom stereocenters. The van der Waals surface area contributed by atoms with Gasteiger partial charge in [-0.05, 0) is 54.7 Å². The molecule has 8 N–H and O–H groups in total. The topological polar surface area (TPSA) is 173 Å². The first-order chi connectivity index (χ1) is 17.6. The van der Waals surface area contributed by atoms with Gasteiger partial charge < -0.3 is 31.8 Å². The molecule has 0 saturated heterocycles. The van der Waals surface area contributed by atoms with Crippen LogP contribution in [0.25, 0.3) is 33.2 Å². The van der Waals surface area contributed by atoms with E-state index in [0.29, 0.717) is 34.3 Å². The van der Waals surface area contributed by atoms with Crippen LogP contribution in [0, 0.1) is 0 Å². The first-order valence-electron chi connectivity index (χ1n) is 10.9. The van der Waals surface area contributed by atoms with Crippen molar-refractivity contribution in [2.24, 2.45) is 11.5 Å². The molecule has 3 heterocycles. The summed E-state index contributed by atoms with van der Waals surface area (Å²) < 4.78 is 5.59. The van der Waals surface area contributed by atoms with Gasteiger partial charge in [-0.2, -0.15) is 5.10 Å². The average Bonchev–Trinajstić information content (AvgIpc) is 3.54. The Bertz CT molecular complexity index is 1630. The van der Waals surface area contributed by atoms with Crippen LogP contribution in [0.4, 0.5) is 11.5 Å². The highest BCUT2D eigenvalue weighted by Crippen LogP contribution is 2.32. The molecule has 0 aliphatic heterocycles. The van der Waals surface area contributed by atoms with E-state index in [4.69, 9.17) is 16.2 Å². The SMILES string of the molecule is COc1cc(-c2nccc(Nc3ccc4[nH]ncc4c3)n2)cc2[nH]c(C(=O)NC(/C=C\N)=C/N)cc12. The predicted octanol–water partition coefficient (Wildman–Crippen LogP) is 3.26. The maximum absolute atomic E-state index is 12.7. The minimum Gasteiger partial charge on any atom is -0.496 e. The van der Waals surface area contributed by atoms with Crippen LogP contribution in [-0.4, -0.2) is 38.2 Å². The number of carbonyl (C=O) groups is 1. The summed E-state index contributed by atoms with van der Waals surface area (Å²) in [6.07, 6.45) is 7.48. The van der Waals surface area contributed by atoms with Crippen LogP contribution in [-0.2, 0) is 0 Å². The van der Waals surface area contributed by atoms with Gasteiger partial charge in [-0.1, -0.05) is 0 Å². The average molecular weight is 482 g/mol. The van der Waals surface area contributed by atoms with Gasteiger partial charge in [0, 0.05) is 34.4 Å². The molecule has 0 aliphatic carbocycles. The second-order valence-electron chi connectivity index (χ2n) is 7.82. The van der Waals surface area contributed by atoms with E-state index in [2.05, 4.69) is 35.8 Å². The summed E-state index contributed by atoms with van der Waals surface area (Å²) in [4.78, 5) is 24.9. The molecule has 2 aromatic carbocycles. The number of fused-ring (bicyclic) bond motifs is 2. The molecular formula is C25H23N9O2. The fraction of sp³-hybridized carbons (Fsp3) is 0.0400. The number of methoxy groups -OCH3 is 1. The third-order valence-electron chi connectivity index (χ3n) is 5.50. The quantitative estimate of drug-likeness (QED) is 0.192. The van der Waals surface area contributed by atoms with Crippen LogP contribution in [0.3, 0.4) is 0 Å². The van der Waals surface area contributed by atoms with E-state index in [1.54, 1.807) is 31.6 Å². The van der Waals surface area contributed by atoms with E-state index < -0.39 is 0 Å². The molecule has 0 aliphatic rings. The Hall–Kier alpha value is -5.32. The third kappa shape index (κ3) is 4.40. The monoisotopic (exact) mass is 481 g/mol. The fourth-order valence-corrected chi connectivity index (χ4v) is 3.80. The smallest absolute Gasteiger partial charge is 0.272 e. The molecule has 0 spiro atoms. The first-order valence-corrected chi connectivity index (χ1v) is 10.9. The molecule has 1 amide bonds. The summed E-state index contributed by atoms with van der Waals surface area (Å²) in [6.45, 7) is 0. The van der Waals surface area contributed by atoms with Gasteiger partial charge in [0.25, 0.3) is 5.91 Å². The molecule has 0 bridgehead atoms. The summed E-state index contributed by atoms with van der Waals surface area (Å²) in [7, 11) is 1.57. The van der Waals surface area contributed by atoms with Crippen LogP contribution >= 0.6 is 0 Å². The van der Waals surface area contributed by atoms with Gasteiger partial charge in [0.2, 0.25) is 0 Å². The van der Waals surface area contributed by atoms with E-state index in [-0.39, 0.29) is 5.91 Å². The van der Waals surface area contributed by atoms with E-state index >= 15 is 0 Å². The number of benzene rings is 2. The number of ether oxygens (including phenoxy) is 1. The molecule has 0 radical (unpaired) electrons. The van der Waals surface area contributed by atoms with Crippen molar-refractivity contribution in [2.45, 2.75) is 0 Å². The lowest BCUT2D eigenvalue weighted by Gasteiger charge is -2.09. The maximum atomic E-state index is 12.7. The van der Waals surface area contributed by atoms with E-state index in [9.17, 15) is 4.79 Å². The van der Waals surface area contributed by atoms with E-state index in [1.807, 2.05) is 30.3 Å². The molecule has 5 rings (SSSR count). The number of rotatable bonds is 7. The molecule has 36 heavy (non-hydrogen) atoms. The zero-order valence-electron chi connectivity index (χ0n) is 19.2. The van der Waals surface area contributed by atoms with Gasteiger partial charge in [0.15, 0.2) is 5.82 Å². The highest BCUT2D eigenvalue weighted by Gasteiger charge is 2.16. The van der Waals surface area contributed by atoms with Crippen LogP contribution < -0.4 is 26.8 Å². The van der Waals surface area contributed by atoms with Crippen LogP contribution in [0.5, 0.6) is 5.75 Å². The molecule has 11 nitrogen and oxygen atoms in total. The third-order valence-corrected chi connectivity index (χ3v) is 5.50. The molecule has 3 aromatic heterocycles. The van der Waals surface area contributed by atoms with Gasteiger partial charge in [0.05, 0.1) is 30.0 Å². The number of carbonyl (C=O) groups excluding carboxylic acids is 1. The number of allylic oxidation sites excluding steroid dienone is 1. The Morgan fingerprint density at radius 3 is 2.81 bits per heavy atom. The minimum absolute atomic E-state index is 0.330. The summed E-state index contributed by atoms with van der Waals surface area (Å²) in [6, 6.07) is 13.1. The second kappa shape index (κ2) is 9.50. The van der Waals surface area contributed by atoms with E-state index in [1.165, 1.54) is 18.5 Å². The number of amides is 1. The van der Waals surface area contributed by atoms with Crippen molar-refractivity contribution in [1.29, 1.82) is 0 Å². The van der Waals surface area contributed by atoms with Crippen molar-refractivity contribution < 1.29 is 9.53 Å². The number of nitrogens with two attached hydrogens (primary N) is 2. The molecule has 0 fully saturated rings. The van der Waals surface area contributed by atoms with Gasteiger partial charge in [-0.15, -0.1) is 0 Å². The highest BCUT2D eigenvalue weighted by molar-refractivity contribution is 6.01. The fourth-order valence-electron chi connectivity index (χ4n) is 3.80. The van der Waals surface area contributed by atoms with Crippen molar-refractivity contribution in [1.82, 2.24) is 30.5 Å². The van der Waals surface area contributed by atoms with Crippen molar-refractivity contribution >= 4 is 39.2 Å². The van der Waals surface area contributed by atoms with Crippen molar-refractivity contribution in [3.63, 3.8) is 0 Å². The molecule has 0 saturated carbocycles. The number of nitrogens with one attached hydrogen (secondary N) is 4. The Morgan fingerprint density at radius 2 is 2.00 bits per heavy atom. The van der Waals surface area contributed by atoms with Gasteiger partial charge >= 0.3 is 0 Å². The largest absolute Gasteiger partial charge is 0.496 e. The Labute approximate surface area is 205 Å². The number of anilines is 2. The molecule has 11 heteroatoms. The van der Waals surface area contributed by atoms with Gasteiger partial charge in [-0.3, -0.25) is 9.89 Å². The Morgan fingerprint density at radius 1 is 1.11 bits per heavy atom. The summed E-state index contributed by atoms with van der Waals surface area (Å²) in [5, 5.41) is 14.7. The molecule has 0 atom stereocenters. The zero-order valence-corrected chi connectivity index (χ0v) is 19.2. The normalized spacial score (nSPS) is 11.9. The highest BCUT2D eigenvalue weighted by atomic mass is 16.5. The van der Waals surface area contributed by atoms with Gasteiger partial charge in [0.1, 0.15) is 17.3 Å². The summed E-state index contributed by atoms with van der Waals surface area (Å²) in [5.41, 5.74) is 14.9. The lowest BCUT2D eigenvalue weighted by Crippen LogP contribution is -2.23. The summed E-state index contributed by atoms with van der Waals surface area (Å²) >= 11 is 0. The molecule has 180 valence electrons. The number of aromatic nitrogens is 5. The van der Waals surface area contributed by atoms with Crippen molar-refractivity contribution in [2.75, 3.05) is 12.4 Å². The number of aromatic amines is 2. The standard InChI is InChI=1S/C25H23N9O2/c1-36-22-10-14(9-20-18(22)11-21(32-20)25(35)31-17(12-27)4-6-26)24-28-7-5-23(33-24)30-16-2-3-19-15(8-16)13-29-34-19/h2-13,32H,26-27H2,1H3,(H,29,34)(H,31,35)(H,28,30,33)/b6-4-,17-12+. The number of H-pyrrole nitrogens is 2. The van der Waals surface area contributed by atoms with Crippen LogP contribution in [0.2, 0.25) is 0 Å². The van der Waals surface area contributed by atoms with E-state index in [0.717, 1.165) is 27.5 Å². The number of hydrogen-bond donors (Lipinski definition) is 6. The van der Waals surface area contributed by atoms with Crippen LogP contribution in [0.1, 0.15) is 10.5 Å². The lowest BCUT2D eigenvalue weighted by atomic mass is 10.1. The van der Waals surface area contributed by atoms with Crippen molar-refractivity contribution in [3.05, 3.63) is 84.7 Å². The van der Waals surface area contributed by atoms with Crippen molar-refractivity contribution in [3.8, 4) is 17.1 Å². The Kier molecular flexibility index (Phi) is 5.93. The number of hydrogen-bond acceptors (Lipinski definition) is 8. The zero-order chi connectivity index (χ0) is 25.1. The second-order valence-corrected chi connectivity index (χ2v) is 7.82. The number of nitrogens with zero attached hydrogens (tertiary/aromatic N) is 3. The molecular weight excluding hydrogens is 458 g/mol. The Balaban J connectivity index is 1.45. The van der Waals surface area contributed by atoms with Gasteiger partial charge in [-0.25, -0.2) is 9.97 Å². The lowest BCUT2D eigenvalue weighted by molar-refractivity contribution is 0.0963. The maximum Gasteiger partial charge on any atom is 0.272 e. The van der Waals surface area contributed by atoms with Crippen LogP contribution in [0.15, 0.2) is 79.0 Å².